The summed E-state index contributed by atoms with van der Waals surface area (Å²) in [6, 6.07) is 9.17. The van der Waals surface area contributed by atoms with Crippen LogP contribution in [-0.4, -0.2) is 29.7 Å². The van der Waals surface area contributed by atoms with Gasteiger partial charge in [0.05, 0.1) is 4.88 Å². The highest BCUT2D eigenvalue weighted by atomic mass is 32.2. The van der Waals surface area contributed by atoms with Crippen LogP contribution in [0.4, 0.5) is 4.39 Å². The third-order valence-corrected chi connectivity index (χ3v) is 6.63. The molecule has 2 aromatic heterocycles. The minimum Gasteiger partial charge on any atom is -0.351 e. The van der Waals surface area contributed by atoms with E-state index in [2.05, 4.69) is 15.5 Å². The van der Waals surface area contributed by atoms with Gasteiger partial charge in [-0.25, -0.2) is 12.8 Å². The van der Waals surface area contributed by atoms with E-state index in [1.54, 1.807) is 6.07 Å². The highest BCUT2D eigenvalue weighted by Gasteiger charge is 2.30. The summed E-state index contributed by atoms with van der Waals surface area (Å²) in [5.41, 5.74) is 0.659. The number of nitrogens with one attached hydrogen (secondary N) is 1. The van der Waals surface area contributed by atoms with Crippen LogP contribution in [0.5, 0.6) is 0 Å². The largest absolute Gasteiger partial charge is 0.351 e. The Kier molecular flexibility index (Phi) is 5.66. The Balaban J connectivity index is 1.61. The number of amides is 1. The zero-order valence-electron chi connectivity index (χ0n) is 14.3. The number of halogens is 1. The smallest absolute Gasteiger partial charge is 0.242 e. The molecule has 0 aliphatic rings. The van der Waals surface area contributed by atoms with E-state index < -0.39 is 26.7 Å². The molecule has 1 atom stereocenters. The van der Waals surface area contributed by atoms with Gasteiger partial charge in [0.25, 0.3) is 0 Å². The van der Waals surface area contributed by atoms with Crippen LogP contribution in [0.3, 0.4) is 0 Å². The summed E-state index contributed by atoms with van der Waals surface area (Å²) in [5, 5.41) is 6.84. The third kappa shape index (κ3) is 4.77. The molecule has 0 aliphatic carbocycles. The maximum atomic E-state index is 12.9. The Morgan fingerprint density at radius 2 is 2.04 bits per heavy atom. The lowest BCUT2D eigenvalue weighted by atomic mass is 10.2. The van der Waals surface area contributed by atoms with Crippen LogP contribution in [0.1, 0.15) is 18.4 Å². The van der Waals surface area contributed by atoms with E-state index in [0.717, 1.165) is 4.88 Å². The van der Waals surface area contributed by atoms with Gasteiger partial charge in [0.1, 0.15) is 16.8 Å². The lowest BCUT2D eigenvalue weighted by Crippen LogP contribution is -2.38. The van der Waals surface area contributed by atoms with E-state index in [4.69, 9.17) is 4.52 Å². The molecule has 10 heteroatoms. The Hall–Kier alpha value is -2.59. The van der Waals surface area contributed by atoms with Gasteiger partial charge in [0.15, 0.2) is 9.84 Å². The number of nitrogens with zero attached hydrogens (tertiary/aromatic N) is 2. The van der Waals surface area contributed by atoms with E-state index in [1.807, 2.05) is 11.4 Å². The molecule has 0 spiro atoms. The summed E-state index contributed by atoms with van der Waals surface area (Å²) in [6.45, 7) is 1.40. The second-order valence-corrected chi connectivity index (χ2v) is 9.05. The second-order valence-electron chi connectivity index (χ2n) is 5.78. The van der Waals surface area contributed by atoms with Crippen LogP contribution in [0.2, 0.25) is 0 Å². The van der Waals surface area contributed by atoms with Crippen molar-refractivity contribution in [2.75, 3.05) is 0 Å². The SMILES string of the molecule is CC(C(=O)NCc1ccc(F)cc1)S(=O)(=O)Cc1nc(-c2cccs2)no1. The van der Waals surface area contributed by atoms with E-state index in [9.17, 15) is 17.6 Å². The molecule has 1 aromatic carbocycles. The average molecular weight is 409 g/mol. The molecule has 27 heavy (non-hydrogen) atoms. The second kappa shape index (κ2) is 7.97. The zero-order valence-corrected chi connectivity index (χ0v) is 15.9. The number of carbonyl (C=O) groups excluding carboxylic acids is 1. The first-order valence-electron chi connectivity index (χ1n) is 7.95. The third-order valence-electron chi connectivity index (χ3n) is 3.82. The quantitative estimate of drug-likeness (QED) is 0.643. The van der Waals surface area contributed by atoms with Gasteiger partial charge in [-0.3, -0.25) is 4.79 Å². The highest BCUT2D eigenvalue weighted by molar-refractivity contribution is 7.92. The number of aromatic nitrogens is 2. The van der Waals surface area contributed by atoms with Crippen LogP contribution in [0, 0.1) is 5.82 Å². The van der Waals surface area contributed by atoms with Crippen molar-refractivity contribution in [1.82, 2.24) is 15.5 Å². The van der Waals surface area contributed by atoms with Gasteiger partial charge < -0.3 is 9.84 Å². The van der Waals surface area contributed by atoms with Gasteiger partial charge in [-0.2, -0.15) is 4.98 Å². The molecule has 1 unspecified atom stereocenters. The van der Waals surface area contributed by atoms with Gasteiger partial charge >= 0.3 is 0 Å². The predicted molar refractivity (Wildman–Crippen MR) is 97.9 cm³/mol. The van der Waals surface area contributed by atoms with Gasteiger partial charge in [-0.15, -0.1) is 11.3 Å². The molecule has 0 saturated heterocycles. The molecule has 0 aliphatic heterocycles. The first kappa shape index (κ1) is 19.2. The first-order valence-corrected chi connectivity index (χ1v) is 10.5. The Morgan fingerprint density at radius 3 is 2.70 bits per heavy atom. The average Bonchev–Trinajstić information content (AvgIpc) is 3.31. The number of benzene rings is 1. The molecular weight excluding hydrogens is 393 g/mol. The Bertz CT molecular complexity index is 1010. The molecule has 0 fully saturated rings. The molecule has 0 saturated carbocycles. The van der Waals surface area contributed by atoms with Gasteiger partial charge in [0, 0.05) is 6.54 Å². The van der Waals surface area contributed by atoms with Crippen molar-refractivity contribution >= 4 is 27.1 Å². The lowest BCUT2D eigenvalue weighted by Gasteiger charge is -2.12. The Morgan fingerprint density at radius 1 is 1.30 bits per heavy atom. The number of thiophene rings is 1. The molecule has 7 nitrogen and oxygen atoms in total. The van der Waals surface area contributed by atoms with Gasteiger partial charge in [-0.1, -0.05) is 23.4 Å². The minimum absolute atomic E-state index is 0.0726. The predicted octanol–water partition coefficient (Wildman–Crippen LogP) is 2.56. The zero-order chi connectivity index (χ0) is 19.4. The van der Waals surface area contributed by atoms with E-state index in [1.165, 1.54) is 42.5 Å². The van der Waals surface area contributed by atoms with Crippen LogP contribution in [0.15, 0.2) is 46.3 Å². The summed E-state index contributed by atoms with van der Waals surface area (Å²) < 4.78 is 42.8. The molecular formula is C17H16FN3O4S2. The van der Waals surface area contributed by atoms with Crippen LogP contribution >= 0.6 is 11.3 Å². The van der Waals surface area contributed by atoms with E-state index in [0.29, 0.717) is 11.4 Å². The van der Waals surface area contributed by atoms with Crippen molar-refractivity contribution in [3.63, 3.8) is 0 Å². The van der Waals surface area contributed by atoms with Crippen molar-refractivity contribution in [3.8, 4) is 10.7 Å². The molecule has 142 valence electrons. The number of rotatable bonds is 7. The number of hydrogen-bond donors (Lipinski definition) is 1. The van der Waals surface area contributed by atoms with Crippen molar-refractivity contribution in [3.05, 3.63) is 59.0 Å². The van der Waals surface area contributed by atoms with Gasteiger partial charge in [0.2, 0.25) is 17.6 Å². The summed E-state index contributed by atoms with van der Waals surface area (Å²) in [7, 11) is -3.84. The fraction of sp³-hybridized carbons (Fsp3) is 0.235. The van der Waals surface area contributed by atoms with Crippen molar-refractivity contribution in [2.24, 2.45) is 0 Å². The molecule has 2 heterocycles. The minimum atomic E-state index is -3.84. The normalized spacial score (nSPS) is 12.7. The number of carbonyl (C=O) groups is 1. The summed E-state index contributed by atoms with van der Waals surface area (Å²) in [5.74, 6) is -1.34. The van der Waals surface area contributed by atoms with Crippen LogP contribution in [-0.2, 0) is 26.9 Å². The summed E-state index contributed by atoms with van der Waals surface area (Å²) in [4.78, 5) is 17.0. The lowest BCUT2D eigenvalue weighted by molar-refractivity contribution is -0.120. The molecule has 3 rings (SSSR count). The van der Waals surface area contributed by atoms with Crippen molar-refractivity contribution in [1.29, 1.82) is 0 Å². The number of hydrogen-bond acceptors (Lipinski definition) is 7. The van der Waals surface area contributed by atoms with Crippen molar-refractivity contribution in [2.45, 2.75) is 24.5 Å². The van der Waals surface area contributed by atoms with Gasteiger partial charge in [-0.05, 0) is 36.1 Å². The standard InChI is InChI=1S/C17H16FN3O4S2/c1-11(17(22)19-9-12-4-6-13(18)7-5-12)27(23,24)10-15-20-16(21-25-15)14-3-2-8-26-14/h2-8,11H,9-10H2,1H3,(H,19,22). The number of sulfone groups is 1. The fourth-order valence-corrected chi connectivity index (χ4v) is 3.98. The fourth-order valence-electron chi connectivity index (χ4n) is 2.21. The van der Waals surface area contributed by atoms with Crippen molar-refractivity contribution < 1.29 is 22.1 Å². The monoisotopic (exact) mass is 409 g/mol. The molecule has 1 amide bonds. The molecule has 0 bridgehead atoms. The highest BCUT2D eigenvalue weighted by Crippen LogP contribution is 2.22. The first-order chi connectivity index (χ1) is 12.8. The van der Waals surface area contributed by atoms with E-state index in [-0.39, 0.29) is 18.3 Å². The topological polar surface area (TPSA) is 102 Å². The molecule has 1 N–H and O–H groups in total. The molecule has 0 radical (unpaired) electrons. The van der Waals surface area contributed by atoms with Crippen LogP contribution < -0.4 is 5.32 Å². The summed E-state index contributed by atoms with van der Waals surface area (Å²) >= 11 is 1.40. The maximum absolute atomic E-state index is 12.9. The molecule has 3 aromatic rings. The summed E-state index contributed by atoms with van der Waals surface area (Å²) in [6.07, 6.45) is 0. The Labute approximate surface area is 159 Å². The van der Waals surface area contributed by atoms with E-state index >= 15 is 0 Å². The van der Waals surface area contributed by atoms with Crippen LogP contribution in [0.25, 0.3) is 10.7 Å². The maximum Gasteiger partial charge on any atom is 0.242 e.